The average Bonchev–Trinajstić information content (AvgIpc) is 2.36. The monoisotopic (exact) mass is 289 g/mol. The molecule has 0 bridgehead atoms. The molecule has 0 aliphatic rings. The van der Waals surface area contributed by atoms with Crippen LogP contribution in [0.2, 0.25) is 0 Å². The van der Waals surface area contributed by atoms with Gasteiger partial charge in [0.1, 0.15) is 10.7 Å². The molecule has 1 unspecified atom stereocenters. The fourth-order valence-corrected chi connectivity index (χ4v) is 3.19. The van der Waals surface area contributed by atoms with Crippen molar-refractivity contribution >= 4 is 27.6 Å². The summed E-state index contributed by atoms with van der Waals surface area (Å²) >= 11 is 1.70. The van der Waals surface area contributed by atoms with Gasteiger partial charge < -0.3 is 5.32 Å². The maximum Gasteiger partial charge on any atom is 0.242 e. The number of sulfonamides is 1. The number of anilines is 1. The predicted molar refractivity (Wildman–Crippen MR) is 76.6 cm³/mol. The van der Waals surface area contributed by atoms with Gasteiger partial charge in [-0.15, -0.1) is 0 Å². The lowest BCUT2D eigenvalue weighted by Gasteiger charge is -2.13. The normalized spacial score (nSPS) is 13.3. The molecule has 102 valence electrons. The lowest BCUT2D eigenvalue weighted by molar-refractivity contribution is 0.557. The van der Waals surface area contributed by atoms with E-state index in [1.165, 1.54) is 6.20 Å². The third-order valence-electron chi connectivity index (χ3n) is 2.41. The van der Waals surface area contributed by atoms with Crippen molar-refractivity contribution in [1.82, 2.24) is 9.71 Å². The molecule has 0 saturated heterocycles. The molecule has 0 spiro atoms. The molecule has 0 fully saturated rings. The second-order valence-corrected chi connectivity index (χ2v) is 6.63. The molecule has 1 rings (SSSR count). The van der Waals surface area contributed by atoms with Crippen LogP contribution >= 0.6 is 11.8 Å². The van der Waals surface area contributed by atoms with Gasteiger partial charge in [-0.2, -0.15) is 11.8 Å². The summed E-state index contributed by atoms with van der Waals surface area (Å²) in [4.78, 5) is 4.19. The van der Waals surface area contributed by atoms with Crippen LogP contribution in [0.3, 0.4) is 0 Å². The summed E-state index contributed by atoms with van der Waals surface area (Å²) in [6, 6.07) is 3.11. The molecule has 1 heterocycles. The van der Waals surface area contributed by atoms with Gasteiger partial charge in [-0.05, 0) is 37.5 Å². The second-order valence-electron chi connectivity index (χ2n) is 3.93. The molecule has 0 saturated carbocycles. The Morgan fingerprint density at radius 3 is 2.67 bits per heavy atom. The van der Waals surface area contributed by atoms with Gasteiger partial charge in [0.2, 0.25) is 10.0 Å². The Kier molecular flexibility index (Phi) is 5.90. The Morgan fingerprint density at radius 2 is 2.17 bits per heavy atom. The molecule has 0 aromatic carbocycles. The van der Waals surface area contributed by atoms with Crippen molar-refractivity contribution in [1.29, 1.82) is 0 Å². The molecular weight excluding hydrogens is 270 g/mol. The van der Waals surface area contributed by atoms with Crippen LogP contribution in [-0.4, -0.2) is 38.5 Å². The Hall–Kier alpha value is -0.790. The van der Waals surface area contributed by atoms with Crippen LogP contribution in [0.25, 0.3) is 0 Å². The Morgan fingerprint density at radius 1 is 1.44 bits per heavy atom. The SMILES string of the molecule is CNc1ccc(S(=O)(=O)NC(C)CCSC)cn1. The fraction of sp³-hybridized carbons (Fsp3) is 0.545. The van der Waals surface area contributed by atoms with E-state index in [1.807, 2.05) is 13.2 Å². The minimum Gasteiger partial charge on any atom is -0.373 e. The van der Waals surface area contributed by atoms with E-state index in [4.69, 9.17) is 0 Å². The summed E-state index contributed by atoms with van der Waals surface area (Å²) in [5.74, 6) is 1.57. The molecule has 0 aliphatic heterocycles. The van der Waals surface area contributed by atoms with Crippen LogP contribution in [0, 0.1) is 0 Å². The van der Waals surface area contributed by atoms with Crippen LogP contribution in [0.15, 0.2) is 23.2 Å². The van der Waals surface area contributed by atoms with Gasteiger partial charge in [-0.25, -0.2) is 18.1 Å². The number of rotatable bonds is 7. The molecule has 0 amide bonds. The van der Waals surface area contributed by atoms with Crippen molar-refractivity contribution in [2.45, 2.75) is 24.3 Å². The van der Waals surface area contributed by atoms with Gasteiger partial charge in [0.25, 0.3) is 0 Å². The van der Waals surface area contributed by atoms with Gasteiger partial charge in [0.15, 0.2) is 0 Å². The predicted octanol–water partition coefficient (Wildman–Crippen LogP) is 1.54. The third-order valence-corrected chi connectivity index (χ3v) is 4.63. The minimum absolute atomic E-state index is 0.0774. The van der Waals surface area contributed by atoms with E-state index < -0.39 is 10.0 Å². The van der Waals surface area contributed by atoms with E-state index >= 15 is 0 Å². The van der Waals surface area contributed by atoms with Crippen molar-refractivity contribution in [2.24, 2.45) is 0 Å². The first kappa shape index (κ1) is 15.3. The smallest absolute Gasteiger partial charge is 0.242 e. The number of aromatic nitrogens is 1. The van der Waals surface area contributed by atoms with Crippen molar-refractivity contribution in [2.75, 3.05) is 24.4 Å². The first-order chi connectivity index (χ1) is 8.49. The fourth-order valence-electron chi connectivity index (χ4n) is 1.37. The van der Waals surface area contributed by atoms with Gasteiger partial charge in [0.05, 0.1) is 0 Å². The Balaban J connectivity index is 2.73. The summed E-state index contributed by atoms with van der Waals surface area (Å²) in [7, 11) is -1.73. The molecule has 7 heteroatoms. The number of pyridine rings is 1. The van der Waals surface area contributed by atoms with Gasteiger partial charge in [-0.3, -0.25) is 0 Å². The van der Waals surface area contributed by atoms with Crippen LogP contribution in [-0.2, 0) is 10.0 Å². The maximum atomic E-state index is 12.0. The highest BCUT2D eigenvalue weighted by Crippen LogP contribution is 2.11. The summed E-state index contributed by atoms with van der Waals surface area (Å²) in [5, 5.41) is 2.85. The van der Waals surface area contributed by atoms with Crippen LogP contribution in [0.1, 0.15) is 13.3 Å². The molecule has 2 N–H and O–H groups in total. The molecule has 0 aliphatic carbocycles. The number of nitrogens with zero attached hydrogens (tertiary/aromatic N) is 1. The van der Waals surface area contributed by atoms with E-state index in [2.05, 4.69) is 15.0 Å². The first-order valence-corrected chi connectivity index (χ1v) is 8.52. The van der Waals surface area contributed by atoms with Gasteiger partial charge >= 0.3 is 0 Å². The highest BCUT2D eigenvalue weighted by Gasteiger charge is 2.17. The van der Waals surface area contributed by atoms with Gasteiger partial charge in [-0.1, -0.05) is 0 Å². The Bertz CT molecular complexity index is 460. The lowest BCUT2D eigenvalue weighted by Crippen LogP contribution is -2.33. The Labute approximate surface area is 113 Å². The lowest BCUT2D eigenvalue weighted by atomic mass is 10.3. The summed E-state index contributed by atoms with van der Waals surface area (Å²) < 4.78 is 26.7. The zero-order valence-corrected chi connectivity index (χ0v) is 12.4. The number of hydrogen-bond acceptors (Lipinski definition) is 5. The summed E-state index contributed by atoms with van der Waals surface area (Å²) in [6.45, 7) is 1.86. The number of thioether (sulfide) groups is 1. The van der Waals surface area contributed by atoms with Crippen LogP contribution in [0.4, 0.5) is 5.82 Å². The minimum atomic E-state index is -3.46. The molecular formula is C11H19N3O2S2. The molecule has 0 radical (unpaired) electrons. The first-order valence-electron chi connectivity index (χ1n) is 5.64. The van der Waals surface area contributed by atoms with E-state index in [-0.39, 0.29) is 10.9 Å². The van der Waals surface area contributed by atoms with E-state index in [1.54, 1.807) is 30.9 Å². The van der Waals surface area contributed by atoms with Crippen LogP contribution < -0.4 is 10.0 Å². The topological polar surface area (TPSA) is 71.1 Å². The summed E-state index contributed by atoms with van der Waals surface area (Å²) in [6.07, 6.45) is 4.17. The summed E-state index contributed by atoms with van der Waals surface area (Å²) in [5.41, 5.74) is 0. The zero-order valence-electron chi connectivity index (χ0n) is 10.8. The van der Waals surface area contributed by atoms with Crippen molar-refractivity contribution in [3.05, 3.63) is 18.3 Å². The standard InChI is InChI=1S/C11H19N3O2S2/c1-9(6-7-17-3)14-18(15,16)10-4-5-11(12-2)13-8-10/h4-5,8-9,14H,6-7H2,1-3H3,(H,12,13). The molecule has 18 heavy (non-hydrogen) atoms. The molecule has 1 aromatic rings. The highest BCUT2D eigenvalue weighted by atomic mass is 32.2. The molecule has 1 aromatic heterocycles. The van der Waals surface area contributed by atoms with Gasteiger partial charge in [0, 0.05) is 19.3 Å². The second kappa shape index (κ2) is 6.96. The van der Waals surface area contributed by atoms with Crippen molar-refractivity contribution in [3.8, 4) is 0 Å². The van der Waals surface area contributed by atoms with E-state index in [0.717, 1.165) is 12.2 Å². The average molecular weight is 289 g/mol. The van der Waals surface area contributed by atoms with E-state index in [0.29, 0.717) is 5.82 Å². The van der Waals surface area contributed by atoms with Crippen molar-refractivity contribution in [3.63, 3.8) is 0 Å². The zero-order chi connectivity index (χ0) is 13.6. The third kappa shape index (κ3) is 4.47. The van der Waals surface area contributed by atoms with E-state index in [9.17, 15) is 8.42 Å². The number of hydrogen-bond donors (Lipinski definition) is 2. The van der Waals surface area contributed by atoms with Crippen LogP contribution in [0.5, 0.6) is 0 Å². The number of nitrogens with one attached hydrogen (secondary N) is 2. The highest BCUT2D eigenvalue weighted by molar-refractivity contribution is 7.98. The molecule has 5 nitrogen and oxygen atoms in total. The maximum absolute atomic E-state index is 12.0. The largest absolute Gasteiger partial charge is 0.373 e. The van der Waals surface area contributed by atoms with Crippen molar-refractivity contribution < 1.29 is 8.42 Å². The quantitative estimate of drug-likeness (QED) is 0.797. The molecule has 1 atom stereocenters.